The molecule has 0 unspecified atom stereocenters. The number of phenols is 1. The monoisotopic (exact) mass is 308 g/mol. The summed E-state index contributed by atoms with van der Waals surface area (Å²) in [6.07, 6.45) is 1.40. The Bertz CT molecular complexity index is 840. The van der Waals surface area contributed by atoms with Gasteiger partial charge in [-0.2, -0.15) is 0 Å². The summed E-state index contributed by atoms with van der Waals surface area (Å²) in [5.41, 5.74) is 5.71. The molecule has 1 aliphatic rings. The number of rotatable bonds is 2. The van der Waals surface area contributed by atoms with Gasteiger partial charge in [0.15, 0.2) is 0 Å². The summed E-state index contributed by atoms with van der Waals surface area (Å²) in [4.78, 5) is 24.6. The first kappa shape index (κ1) is 14.8. The number of nitrogens with zero attached hydrogens (tertiary/aromatic N) is 1. The van der Waals surface area contributed by atoms with Crippen LogP contribution in [0.25, 0.3) is 6.08 Å². The second-order valence-corrected chi connectivity index (χ2v) is 5.47. The lowest BCUT2D eigenvalue weighted by Gasteiger charge is -2.15. The minimum atomic E-state index is -0.489. The van der Waals surface area contributed by atoms with E-state index in [1.165, 1.54) is 17.2 Å². The van der Waals surface area contributed by atoms with Gasteiger partial charge in [0.2, 0.25) is 0 Å². The maximum Gasteiger partial charge on any atom is 0.282 e. The molecule has 116 valence electrons. The lowest BCUT2D eigenvalue weighted by Crippen LogP contribution is -2.35. The number of carbonyl (C=O) groups is 2. The van der Waals surface area contributed by atoms with Crippen molar-refractivity contribution in [3.63, 3.8) is 0 Å². The fraction of sp³-hybridized carbons (Fsp3) is 0.111. The minimum Gasteiger partial charge on any atom is -0.507 e. The van der Waals surface area contributed by atoms with E-state index >= 15 is 0 Å². The Balaban J connectivity index is 1.97. The molecule has 0 bridgehead atoms. The van der Waals surface area contributed by atoms with Gasteiger partial charge in [0.05, 0.1) is 5.69 Å². The van der Waals surface area contributed by atoms with Crippen LogP contribution in [-0.4, -0.2) is 16.9 Å². The molecule has 1 aliphatic heterocycles. The Morgan fingerprint density at radius 3 is 2.48 bits per heavy atom. The average molecular weight is 308 g/mol. The van der Waals surface area contributed by atoms with Crippen LogP contribution < -0.4 is 10.4 Å². The average Bonchev–Trinajstić information content (AvgIpc) is 2.80. The summed E-state index contributed by atoms with van der Waals surface area (Å²) in [5.74, 6) is -0.914. The van der Waals surface area contributed by atoms with Crippen molar-refractivity contribution >= 4 is 23.6 Å². The zero-order valence-corrected chi connectivity index (χ0v) is 12.8. The van der Waals surface area contributed by atoms with Crippen molar-refractivity contribution in [1.29, 1.82) is 0 Å². The number of hydrazine groups is 1. The quantitative estimate of drug-likeness (QED) is 0.661. The van der Waals surface area contributed by atoms with Crippen LogP contribution in [0.1, 0.15) is 16.7 Å². The number of hydrogen-bond donors (Lipinski definition) is 2. The molecule has 2 aromatic rings. The number of amides is 2. The predicted molar refractivity (Wildman–Crippen MR) is 87.6 cm³/mol. The molecule has 3 rings (SSSR count). The van der Waals surface area contributed by atoms with Crippen LogP contribution in [0.3, 0.4) is 0 Å². The molecule has 1 saturated heterocycles. The van der Waals surface area contributed by atoms with Crippen LogP contribution in [-0.2, 0) is 9.59 Å². The van der Waals surface area contributed by atoms with Gasteiger partial charge < -0.3 is 5.11 Å². The van der Waals surface area contributed by atoms with Crippen molar-refractivity contribution < 1.29 is 14.7 Å². The summed E-state index contributed by atoms with van der Waals surface area (Å²) in [5, 5.41) is 11.0. The SMILES string of the molecule is Cc1ccc(N2NC(=O)C(=Cc3ccccc3O)C2=O)cc1C. The van der Waals surface area contributed by atoms with Crippen LogP contribution in [0.2, 0.25) is 0 Å². The highest BCUT2D eigenvalue weighted by molar-refractivity contribution is 6.31. The van der Waals surface area contributed by atoms with Gasteiger partial charge in [-0.3, -0.25) is 15.0 Å². The van der Waals surface area contributed by atoms with Gasteiger partial charge in [-0.1, -0.05) is 24.3 Å². The fourth-order valence-corrected chi connectivity index (χ4v) is 2.37. The summed E-state index contributed by atoms with van der Waals surface area (Å²) in [7, 11) is 0. The number of carbonyl (C=O) groups excluding carboxylic acids is 2. The van der Waals surface area contributed by atoms with Crippen molar-refractivity contribution in [3.05, 3.63) is 64.7 Å². The highest BCUT2D eigenvalue weighted by Crippen LogP contribution is 2.25. The van der Waals surface area contributed by atoms with Crippen LogP contribution in [0.15, 0.2) is 48.0 Å². The number of para-hydroxylation sites is 1. The topological polar surface area (TPSA) is 69.6 Å². The lowest BCUT2D eigenvalue weighted by atomic mass is 10.1. The van der Waals surface area contributed by atoms with Crippen LogP contribution in [0, 0.1) is 13.8 Å². The zero-order chi connectivity index (χ0) is 16.6. The van der Waals surface area contributed by atoms with Crippen molar-refractivity contribution in [2.24, 2.45) is 0 Å². The lowest BCUT2D eigenvalue weighted by molar-refractivity contribution is -0.117. The number of hydrogen-bond acceptors (Lipinski definition) is 3. The van der Waals surface area contributed by atoms with E-state index in [9.17, 15) is 14.7 Å². The Kier molecular flexibility index (Phi) is 3.62. The van der Waals surface area contributed by atoms with Crippen molar-refractivity contribution in [2.45, 2.75) is 13.8 Å². The molecule has 5 nitrogen and oxygen atoms in total. The van der Waals surface area contributed by atoms with Crippen molar-refractivity contribution in [3.8, 4) is 5.75 Å². The highest BCUT2D eigenvalue weighted by atomic mass is 16.3. The van der Waals surface area contributed by atoms with E-state index in [1.54, 1.807) is 24.3 Å². The molecular weight excluding hydrogens is 292 g/mol. The first-order chi connectivity index (χ1) is 11.0. The third kappa shape index (κ3) is 2.68. The van der Waals surface area contributed by atoms with Crippen molar-refractivity contribution in [1.82, 2.24) is 5.43 Å². The van der Waals surface area contributed by atoms with Crippen LogP contribution >= 0.6 is 0 Å². The van der Waals surface area contributed by atoms with E-state index in [-0.39, 0.29) is 11.3 Å². The smallest absolute Gasteiger partial charge is 0.282 e. The second-order valence-electron chi connectivity index (χ2n) is 5.47. The number of nitrogens with one attached hydrogen (secondary N) is 1. The summed E-state index contributed by atoms with van der Waals surface area (Å²) >= 11 is 0. The van der Waals surface area contributed by atoms with Gasteiger partial charge in [-0.05, 0) is 49.2 Å². The summed E-state index contributed by atoms with van der Waals surface area (Å²) < 4.78 is 0. The third-order valence-corrected chi connectivity index (χ3v) is 3.88. The highest BCUT2D eigenvalue weighted by Gasteiger charge is 2.34. The molecule has 0 atom stereocenters. The molecule has 0 radical (unpaired) electrons. The number of benzene rings is 2. The molecule has 2 amide bonds. The number of aromatic hydroxyl groups is 1. The van der Waals surface area contributed by atoms with Gasteiger partial charge >= 0.3 is 0 Å². The molecule has 0 spiro atoms. The largest absolute Gasteiger partial charge is 0.507 e. The van der Waals surface area contributed by atoms with E-state index in [2.05, 4.69) is 5.43 Å². The van der Waals surface area contributed by atoms with Gasteiger partial charge in [0.1, 0.15) is 11.3 Å². The predicted octanol–water partition coefficient (Wildman–Crippen LogP) is 2.47. The maximum absolute atomic E-state index is 12.5. The van der Waals surface area contributed by atoms with Crippen LogP contribution in [0.4, 0.5) is 5.69 Å². The molecule has 1 fully saturated rings. The second kappa shape index (κ2) is 5.61. The maximum atomic E-state index is 12.5. The van der Waals surface area contributed by atoms with Crippen LogP contribution in [0.5, 0.6) is 5.75 Å². The Morgan fingerprint density at radius 1 is 1.04 bits per heavy atom. The van der Waals surface area contributed by atoms with Gasteiger partial charge in [-0.25, -0.2) is 5.01 Å². The van der Waals surface area contributed by atoms with E-state index in [0.717, 1.165) is 11.1 Å². The minimum absolute atomic E-state index is 0.00951. The molecule has 0 aromatic heterocycles. The Morgan fingerprint density at radius 2 is 1.78 bits per heavy atom. The molecule has 1 heterocycles. The van der Waals surface area contributed by atoms with Gasteiger partial charge in [0, 0.05) is 5.56 Å². The first-order valence-corrected chi connectivity index (χ1v) is 7.20. The number of aryl methyl sites for hydroxylation is 2. The standard InChI is InChI=1S/C18H16N2O3/c1-11-7-8-14(9-12(11)2)20-18(23)15(17(22)19-20)10-13-5-3-4-6-16(13)21/h3-10,21H,1-2H3,(H,19,22). The number of anilines is 1. The van der Waals surface area contributed by atoms with E-state index in [0.29, 0.717) is 11.3 Å². The Labute approximate surface area is 133 Å². The molecule has 2 N–H and O–H groups in total. The normalized spacial score (nSPS) is 16.1. The van der Waals surface area contributed by atoms with Crippen molar-refractivity contribution in [2.75, 3.05) is 5.01 Å². The summed E-state index contributed by atoms with van der Waals surface area (Å²) in [6, 6.07) is 12.1. The molecule has 5 heteroatoms. The third-order valence-electron chi connectivity index (χ3n) is 3.88. The molecule has 2 aromatic carbocycles. The van der Waals surface area contributed by atoms with E-state index < -0.39 is 11.8 Å². The number of phenolic OH excluding ortho intramolecular Hbond substituents is 1. The molecule has 0 saturated carbocycles. The molecule has 23 heavy (non-hydrogen) atoms. The van der Waals surface area contributed by atoms with E-state index in [4.69, 9.17) is 0 Å². The first-order valence-electron chi connectivity index (χ1n) is 7.20. The fourth-order valence-electron chi connectivity index (χ4n) is 2.37. The van der Waals surface area contributed by atoms with Gasteiger partial charge in [-0.15, -0.1) is 0 Å². The summed E-state index contributed by atoms with van der Waals surface area (Å²) in [6.45, 7) is 3.92. The molecular formula is C18H16N2O3. The van der Waals surface area contributed by atoms with Gasteiger partial charge in [0.25, 0.3) is 11.8 Å². The van der Waals surface area contributed by atoms with E-state index in [1.807, 2.05) is 26.0 Å². The molecule has 0 aliphatic carbocycles. The Hall–Kier alpha value is -3.08. The zero-order valence-electron chi connectivity index (χ0n) is 12.8.